The second-order valence-electron chi connectivity index (χ2n) is 4.17. The fourth-order valence-electron chi connectivity index (χ4n) is 1.55. The van der Waals surface area contributed by atoms with E-state index in [-0.39, 0.29) is 16.6 Å². The Kier molecular flexibility index (Phi) is 4.52. The highest BCUT2D eigenvalue weighted by atomic mass is 35.5. The van der Waals surface area contributed by atoms with Crippen molar-refractivity contribution in [3.63, 3.8) is 0 Å². The number of nitrogens with one attached hydrogen (secondary N) is 2. The Balaban J connectivity index is 2.09. The molecule has 0 saturated carbocycles. The van der Waals surface area contributed by atoms with Gasteiger partial charge in [0.2, 0.25) is 0 Å². The summed E-state index contributed by atoms with van der Waals surface area (Å²) in [5.41, 5.74) is 1.17. The molecule has 20 heavy (non-hydrogen) atoms. The Labute approximate surface area is 125 Å². The van der Waals surface area contributed by atoms with Crippen molar-refractivity contribution in [2.24, 2.45) is 0 Å². The van der Waals surface area contributed by atoms with Crippen LogP contribution in [0.2, 0.25) is 5.02 Å². The van der Waals surface area contributed by atoms with Crippen molar-refractivity contribution < 1.29 is 8.78 Å². The summed E-state index contributed by atoms with van der Waals surface area (Å²) in [6, 6.07) is 8.71. The Morgan fingerprint density at radius 3 is 2.50 bits per heavy atom. The quantitative estimate of drug-likeness (QED) is 0.784. The average Bonchev–Trinajstić information content (AvgIpc) is 2.38. The molecule has 104 valence electrons. The fraction of sp³-hybridized carbons (Fsp3) is 0.0714. The van der Waals surface area contributed by atoms with E-state index in [0.29, 0.717) is 16.3 Å². The molecule has 0 aliphatic carbocycles. The van der Waals surface area contributed by atoms with Crippen LogP contribution in [-0.2, 0) is 0 Å². The third-order valence-corrected chi connectivity index (χ3v) is 3.05. The number of benzene rings is 2. The van der Waals surface area contributed by atoms with Gasteiger partial charge in [-0.25, -0.2) is 8.78 Å². The predicted octanol–water partition coefficient (Wildman–Crippen LogP) is 4.74. The molecule has 2 aromatic carbocycles. The first-order chi connectivity index (χ1) is 9.45. The Hall–Kier alpha value is -1.72. The molecular formula is C14H11ClF2N2S. The lowest BCUT2D eigenvalue weighted by molar-refractivity contribution is 0.619. The Morgan fingerprint density at radius 2 is 1.80 bits per heavy atom. The lowest BCUT2D eigenvalue weighted by Gasteiger charge is -2.12. The predicted molar refractivity (Wildman–Crippen MR) is 82.4 cm³/mol. The van der Waals surface area contributed by atoms with Crippen molar-refractivity contribution in [1.82, 2.24) is 0 Å². The molecule has 0 aromatic heterocycles. The molecule has 0 radical (unpaired) electrons. The number of hydrogen-bond donors (Lipinski definition) is 2. The normalized spacial score (nSPS) is 10.2. The van der Waals surface area contributed by atoms with Gasteiger partial charge >= 0.3 is 0 Å². The van der Waals surface area contributed by atoms with E-state index >= 15 is 0 Å². The average molecular weight is 313 g/mol. The molecule has 2 aromatic rings. The zero-order valence-electron chi connectivity index (χ0n) is 10.5. The van der Waals surface area contributed by atoms with Crippen LogP contribution in [0.5, 0.6) is 0 Å². The van der Waals surface area contributed by atoms with Crippen LogP contribution >= 0.6 is 23.8 Å². The van der Waals surface area contributed by atoms with E-state index in [0.717, 1.165) is 0 Å². The van der Waals surface area contributed by atoms with Crippen LogP contribution < -0.4 is 10.6 Å². The molecule has 2 rings (SSSR count). The summed E-state index contributed by atoms with van der Waals surface area (Å²) in [4.78, 5) is 0. The van der Waals surface area contributed by atoms with Crippen molar-refractivity contribution in [3.8, 4) is 0 Å². The summed E-state index contributed by atoms with van der Waals surface area (Å²) in [6.45, 7) is 1.66. The van der Waals surface area contributed by atoms with Gasteiger partial charge in [-0.2, -0.15) is 0 Å². The summed E-state index contributed by atoms with van der Waals surface area (Å²) in [5, 5.41) is 5.98. The number of rotatable bonds is 2. The van der Waals surface area contributed by atoms with Crippen LogP contribution in [0.1, 0.15) is 5.56 Å². The van der Waals surface area contributed by atoms with Crippen molar-refractivity contribution >= 4 is 40.3 Å². The fourth-order valence-corrected chi connectivity index (χ4v) is 1.95. The molecule has 0 aliphatic rings. The minimum absolute atomic E-state index is 0.148. The van der Waals surface area contributed by atoms with Gasteiger partial charge in [0.05, 0.1) is 5.69 Å². The van der Waals surface area contributed by atoms with E-state index in [1.165, 1.54) is 24.3 Å². The van der Waals surface area contributed by atoms with E-state index in [1.54, 1.807) is 19.1 Å². The van der Waals surface area contributed by atoms with Crippen LogP contribution in [0.4, 0.5) is 20.2 Å². The van der Waals surface area contributed by atoms with E-state index in [1.807, 2.05) is 0 Å². The van der Waals surface area contributed by atoms with Gasteiger partial charge in [-0.05, 0) is 55.0 Å². The van der Waals surface area contributed by atoms with Gasteiger partial charge in [-0.1, -0.05) is 17.7 Å². The highest BCUT2D eigenvalue weighted by Crippen LogP contribution is 2.20. The monoisotopic (exact) mass is 312 g/mol. The zero-order valence-corrected chi connectivity index (χ0v) is 12.1. The Morgan fingerprint density at radius 1 is 1.05 bits per heavy atom. The molecule has 0 saturated heterocycles. The van der Waals surface area contributed by atoms with Crippen molar-refractivity contribution in [3.05, 3.63) is 58.6 Å². The number of hydrogen-bond acceptors (Lipinski definition) is 1. The Bertz CT molecular complexity index is 662. The number of halogens is 3. The largest absolute Gasteiger partial charge is 0.332 e. The van der Waals surface area contributed by atoms with E-state index in [2.05, 4.69) is 10.6 Å². The molecule has 2 nitrogen and oxygen atoms in total. The zero-order chi connectivity index (χ0) is 14.7. The van der Waals surface area contributed by atoms with Crippen LogP contribution in [0.3, 0.4) is 0 Å². The van der Waals surface area contributed by atoms with Crippen molar-refractivity contribution in [1.29, 1.82) is 0 Å². The van der Waals surface area contributed by atoms with Crippen molar-refractivity contribution in [2.45, 2.75) is 6.92 Å². The maximum absolute atomic E-state index is 13.5. The van der Waals surface area contributed by atoms with Gasteiger partial charge in [0.25, 0.3) is 0 Å². The third-order valence-electron chi connectivity index (χ3n) is 2.61. The van der Waals surface area contributed by atoms with E-state index in [9.17, 15) is 8.78 Å². The van der Waals surface area contributed by atoms with Crippen LogP contribution in [-0.4, -0.2) is 5.11 Å². The molecule has 0 aliphatic heterocycles. The summed E-state index contributed by atoms with van der Waals surface area (Å²) in [5.74, 6) is -0.819. The van der Waals surface area contributed by atoms with Crippen LogP contribution in [0.25, 0.3) is 0 Å². The molecule has 0 heterocycles. The highest BCUT2D eigenvalue weighted by Gasteiger charge is 2.06. The second-order valence-corrected chi connectivity index (χ2v) is 5.01. The highest BCUT2D eigenvalue weighted by molar-refractivity contribution is 7.80. The molecule has 0 amide bonds. The first kappa shape index (κ1) is 14.7. The van der Waals surface area contributed by atoms with Gasteiger partial charge in [0.15, 0.2) is 5.11 Å². The SMILES string of the molecule is Cc1ccc(NC(=S)Nc2cc(Cl)ccc2F)cc1F. The van der Waals surface area contributed by atoms with Gasteiger partial charge < -0.3 is 10.6 Å². The summed E-state index contributed by atoms with van der Waals surface area (Å²) in [7, 11) is 0. The van der Waals surface area contributed by atoms with Gasteiger partial charge in [-0.3, -0.25) is 0 Å². The van der Waals surface area contributed by atoms with E-state index in [4.69, 9.17) is 23.8 Å². The molecule has 0 atom stereocenters. The van der Waals surface area contributed by atoms with Gasteiger partial charge in [-0.15, -0.1) is 0 Å². The summed E-state index contributed by atoms with van der Waals surface area (Å²) < 4.78 is 26.9. The molecule has 2 N–H and O–H groups in total. The van der Waals surface area contributed by atoms with Gasteiger partial charge in [0, 0.05) is 10.7 Å². The summed E-state index contributed by atoms with van der Waals surface area (Å²) in [6.07, 6.45) is 0. The molecule has 0 bridgehead atoms. The molecule has 0 unspecified atom stereocenters. The smallest absolute Gasteiger partial charge is 0.175 e. The maximum Gasteiger partial charge on any atom is 0.175 e. The van der Waals surface area contributed by atoms with Gasteiger partial charge in [0.1, 0.15) is 11.6 Å². The molecular weight excluding hydrogens is 302 g/mol. The minimum atomic E-state index is -0.478. The lowest BCUT2D eigenvalue weighted by Crippen LogP contribution is -2.19. The first-order valence-electron chi connectivity index (χ1n) is 5.75. The van der Waals surface area contributed by atoms with Crippen molar-refractivity contribution in [2.75, 3.05) is 10.6 Å². The lowest BCUT2D eigenvalue weighted by atomic mass is 10.2. The maximum atomic E-state index is 13.5. The summed E-state index contributed by atoms with van der Waals surface area (Å²) >= 11 is 10.8. The molecule has 0 fully saturated rings. The number of thiocarbonyl (C=S) groups is 1. The second kappa shape index (κ2) is 6.15. The number of aryl methyl sites for hydroxylation is 1. The third kappa shape index (κ3) is 3.65. The topological polar surface area (TPSA) is 24.1 Å². The van der Waals surface area contributed by atoms with Crippen LogP contribution in [0.15, 0.2) is 36.4 Å². The standard InChI is InChI=1S/C14H11ClF2N2S/c1-8-2-4-10(7-12(8)17)18-14(20)19-13-6-9(15)3-5-11(13)16/h2-7H,1H3,(H2,18,19,20). The first-order valence-corrected chi connectivity index (χ1v) is 6.53. The minimum Gasteiger partial charge on any atom is -0.332 e. The number of anilines is 2. The van der Waals surface area contributed by atoms with Crippen LogP contribution in [0, 0.1) is 18.6 Å². The molecule has 6 heteroatoms. The van der Waals surface area contributed by atoms with E-state index < -0.39 is 5.82 Å². The molecule has 0 spiro atoms.